The van der Waals surface area contributed by atoms with Gasteiger partial charge < -0.3 is 9.64 Å². The predicted octanol–water partition coefficient (Wildman–Crippen LogP) is 4.22. The highest BCUT2D eigenvalue weighted by atomic mass is 16.5. The summed E-state index contributed by atoms with van der Waals surface area (Å²) < 4.78 is 5.42. The van der Waals surface area contributed by atoms with E-state index in [1.54, 1.807) is 0 Å². The van der Waals surface area contributed by atoms with Gasteiger partial charge in [-0.25, -0.2) is 0 Å². The van der Waals surface area contributed by atoms with E-state index in [1.807, 2.05) is 12.3 Å². The van der Waals surface area contributed by atoms with Crippen LogP contribution >= 0.6 is 0 Å². The number of rotatable bonds is 4. The molecule has 0 saturated carbocycles. The van der Waals surface area contributed by atoms with Crippen LogP contribution in [0.4, 0.5) is 0 Å². The smallest absolute Gasteiger partial charge is 0.222 e. The topological polar surface area (TPSA) is 42.4 Å². The van der Waals surface area contributed by atoms with Crippen molar-refractivity contribution in [2.75, 3.05) is 26.3 Å². The van der Waals surface area contributed by atoms with Crippen LogP contribution in [0, 0.1) is 11.8 Å². The van der Waals surface area contributed by atoms with Crippen molar-refractivity contribution in [1.82, 2.24) is 9.88 Å². The Labute approximate surface area is 161 Å². The lowest BCUT2D eigenvalue weighted by atomic mass is 9.91. The molecule has 4 nitrogen and oxygen atoms in total. The summed E-state index contributed by atoms with van der Waals surface area (Å²) in [5.41, 5.74) is 2.48. The van der Waals surface area contributed by atoms with E-state index in [2.05, 4.69) is 34.1 Å². The highest BCUT2D eigenvalue weighted by Gasteiger charge is 2.24. The van der Waals surface area contributed by atoms with Crippen LogP contribution in [-0.2, 0) is 16.0 Å². The fourth-order valence-electron chi connectivity index (χ4n) is 4.59. The van der Waals surface area contributed by atoms with Gasteiger partial charge in [-0.1, -0.05) is 24.3 Å². The van der Waals surface area contributed by atoms with Gasteiger partial charge in [0.1, 0.15) is 0 Å². The molecule has 1 aromatic carbocycles. The van der Waals surface area contributed by atoms with Crippen molar-refractivity contribution in [1.29, 1.82) is 0 Å². The first kappa shape index (κ1) is 18.4. The number of hydrogen-bond acceptors (Lipinski definition) is 3. The second kappa shape index (κ2) is 8.83. The minimum absolute atomic E-state index is 0.356. The molecule has 0 radical (unpaired) electrons. The first-order chi connectivity index (χ1) is 13.3. The minimum Gasteiger partial charge on any atom is -0.381 e. The van der Waals surface area contributed by atoms with E-state index in [-0.39, 0.29) is 0 Å². The lowest BCUT2D eigenvalue weighted by molar-refractivity contribution is -0.132. The molecule has 27 heavy (non-hydrogen) atoms. The van der Waals surface area contributed by atoms with E-state index in [9.17, 15) is 4.79 Å². The van der Waals surface area contributed by atoms with Crippen LogP contribution < -0.4 is 0 Å². The lowest BCUT2D eigenvalue weighted by Crippen LogP contribution is -2.34. The number of nitrogens with zero attached hydrogens (tertiary/aromatic N) is 2. The van der Waals surface area contributed by atoms with Gasteiger partial charge in [0.25, 0.3) is 0 Å². The summed E-state index contributed by atoms with van der Waals surface area (Å²) in [5.74, 6) is 1.51. The first-order valence-electron chi connectivity index (χ1n) is 10.5. The molecular weight excluding hydrogens is 336 g/mol. The zero-order valence-electron chi connectivity index (χ0n) is 16.1. The molecule has 4 heteroatoms. The highest BCUT2D eigenvalue weighted by Crippen LogP contribution is 2.26. The Morgan fingerprint density at radius 1 is 1.04 bits per heavy atom. The molecular formula is C23H30N2O2. The fraction of sp³-hybridized carbons (Fsp3) is 0.565. The van der Waals surface area contributed by atoms with E-state index < -0.39 is 0 Å². The van der Waals surface area contributed by atoms with Crippen molar-refractivity contribution in [3.05, 3.63) is 42.1 Å². The van der Waals surface area contributed by atoms with Crippen molar-refractivity contribution < 1.29 is 9.53 Å². The Bertz CT molecular complexity index is 765. The zero-order valence-corrected chi connectivity index (χ0v) is 16.1. The third kappa shape index (κ3) is 4.67. The van der Waals surface area contributed by atoms with Crippen LogP contribution in [0.25, 0.3) is 10.9 Å². The van der Waals surface area contributed by atoms with Crippen LogP contribution in [0.3, 0.4) is 0 Å². The van der Waals surface area contributed by atoms with Crippen LogP contribution in [0.5, 0.6) is 0 Å². The van der Waals surface area contributed by atoms with Gasteiger partial charge in [-0.15, -0.1) is 0 Å². The van der Waals surface area contributed by atoms with Crippen molar-refractivity contribution in [3.8, 4) is 0 Å². The average molecular weight is 367 g/mol. The normalized spacial score (nSPS) is 21.9. The summed E-state index contributed by atoms with van der Waals surface area (Å²) in [5, 5.41) is 1.22. The van der Waals surface area contributed by atoms with E-state index in [4.69, 9.17) is 4.74 Å². The number of carbonyl (C=O) groups excluding carboxylic acids is 1. The number of amides is 1. The summed E-state index contributed by atoms with van der Waals surface area (Å²) in [6.45, 7) is 3.47. The summed E-state index contributed by atoms with van der Waals surface area (Å²) in [4.78, 5) is 19.5. The molecule has 2 aliphatic rings. The standard InChI is InChI=1S/C23H30N2O2/c26-22(17-19-9-14-27-15-10-19)25-12-3-4-18(8-13-25)16-21-6-1-5-20-7-2-11-24-23(20)21/h1-2,5-7,11,18-19H,3-4,8-10,12-17H2/t18-/m0/s1. The number of fused-ring (bicyclic) bond motifs is 1. The van der Waals surface area contributed by atoms with Crippen LogP contribution in [0.1, 0.15) is 44.1 Å². The van der Waals surface area contributed by atoms with Gasteiger partial charge in [0, 0.05) is 44.3 Å². The molecule has 4 rings (SSSR count). The summed E-state index contributed by atoms with van der Waals surface area (Å²) in [6.07, 6.45) is 9.15. The number of benzene rings is 1. The number of para-hydroxylation sites is 1. The number of likely N-dealkylation sites (tertiary alicyclic amines) is 1. The minimum atomic E-state index is 0.356. The Morgan fingerprint density at radius 2 is 1.89 bits per heavy atom. The SMILES string of the molecule is O=C(CC1CCOCC1)N1CCC[C@H](Cc2cccc3cccnc23)CC1. The number of hydrogen-bond donors (Lipinski definition) is 0. The molecule has 1 aromatic heterocycles. The van der Waals surface area contributed by atoms with Crippen molar-refractivity contribution in [2.45, 2.75) is 44.9 Å². The van der Waals surface area contributed by atoms with Gasteiger partial charge in [0.2, 0.25) is 5.91 Å². The van der Waals surface area contributed by atoms with E-state index in [1.165, 1.54) is 17.4 Å². The van der Waals surface area contributed by atoms with Crippen LogP contribution in [0.15, 0.2) is 36.5 Å². The second-order valence-electron chi connectivity index (χ2n) is 8.13. The predicted molar refractivity (Wildman–Crippen MR) is 108 cm³/mol. The lowest BCUT2D eigenvalue weighted by Gasteiger charge is -2.26. The van der Waals surface area contributed by atoms with Gasteiger partial charge >= 0.3 is 0 Å². The Kier molecular flexibility index (Phi) is 6.03. The molecule has 3 heterocycles. The third-order valence-electron chi connectivity index (χ3n) is 6.23. The van der Waals surface area contributed by atoms with Gasteiger partial charge in [-0.3, -0.25) is 9.78 Å². The molecule has 2 saturated heterocycles. The number of pyridine rings is 1. The van der Waals surface area contributed by atoms with Crippen LogP contribution in [0.2, 0.25) is 0 Å². The molecule has 1 atom stereocenters. The second-order valence-corrected chi connectivity index (χ2v) is 8.13. The monoisotopic (exact) mass is 366 g/mol. The molecule has 0 bridgehead atoms. The van der Waals surface area contributed by atoms with Gasteiger partial charge in [-0.2, -0.15) is 0 Å². The van der Waals surface area contributed by atoms with Crippen molar-refractivity contribution in [2.24, 2.45) is 11.8 Å². The maximum Gasteiger partial charge on any atom is 0.222 e. The zero-order chi connectivity index (χ0) is 18.5. The summed E-state index contributed by atoms with van der Waals surface area (Å²) >= 11 is 0. The molecule has 0 aliphatic carbocycles. The highest BCUT2D eigenvalue weighted by molar-refractivity contribution is 5.81. The maximum absolute atomic E-state index is 12.7. The number of ether oxygens (including phenoxy) is 1. The quantitative estimate of drug-likeness (QED) is 0.813. The van der Waals surface area contributed by atoms with E-state index in [0.29, 0.717) is 24.2 Å². The third-order valence-corrected chi connectivity index (χ3v) is 6.23. The van der Waals surface area contributed by atoms with Gasteiger partial charge in [0.15, 0.2) is 0 Å². The number of aromatic nitrogens is 1. The first-order valence-corrected chi connectivity index (χ1v) is 10.5. The van der Waals surface area contributed by atoms with Gasteiger partial charge in [-0.05, 0) is 62.0 Å². The Balaban J connectivity index is 1.34. The van der Waals surface area contributed by atoms with E-state index >= 15 is 0 Å². The molecule has 0 unspecified atom stereocenters. The summed E-state index contributed by atoms with van der Waals surface area (Å²) in [7, 11) is 0. The average Bonchev–Trinajstić information content (AvgIpc) is 2.95. The molecule has 2 fully saturated rings. The molecule has 2 aliphatic heterocycles. The Hall–Kier alpha value is -1.94. The fourth-order valence-corrected chi connectivity index (χ4v) is 4.59. The molecule has 2 aromatic rings. The Morgan fingerprint density at radius 3 is 2.78 bits per heavy atom. The maximum atomic E-state index is 12.7. The van der Waals surface area contributed by atoms with Crippen molar-refractivity contribution >= 4 is 16.8 Å². The van der Waals surface area contributed by atoms with Crippen molar-refractivity contribution in [3.63, 3.8) is 0 Å². The number of carbonyl (C=O) groups is 1. The molecule has 0 N–H and O–H groups in total. The molecule has 1 amide bonds. The molecule has 144 valence electrons. The largest absolute Gasteiger partial charge is 0.381 e. The summed E-state index contributed by atoms with van der Waals surface area (Å²) in [6, 6.07) is 10.6. The van der Waals surface area contributed by atoms with Crippen LogP contribution in [-0.4, -0.2) is 42.1 Å². The molecule has 0 spiro atoms. The van der Waals surface area contributed by atoms with Gasteiger partial charge in [0.05, 0.1) is 5.52 Å². The van der Waals surface area contributed by atoms with E-state index in [0.717, 1.165) is 63.9 Å².